The van der Waals surface area contributed by atoms with Gasteiger partial charge in [0.15, 0.2) is 0 Å². The molecule has 3 nitrogen and oxygen atoms in total. The van der Waals surface area contributed by atoms with Crippen LogP contribution in [0.3, 0.4) is 0 Å². The summed E-state index contributed by atoms with van der Waals surface area (Å²) in [6.45, 7) is 3.53. The summed E-state index contributed by atoms with van der Waals surface area (Å²) in [4.78, 5) is 5.39. The molecular weight excluding hydrogens is 210 g/mol. The molecule has 2 N–H and O–H groups in total. The topological polar surface area (TPSA) is 32.5 Å². The molecular formula is C14H27N3. The average Bonchev–Trinajstić information content (AvgIpc) is 2.93. The van der Waals surface area contributed by atoms with Crippen LogP contribution in [0.15, 0.2) is 0 Å². The molecule has 3 rings (SSSR count). The van der Waals surface area contributed by atoms with Gasteiger partial charge in [-0.1, -0.05) is 6.42 Å². The number of likely N-dealkylation sites (N-methyl/N-ethyl adjacent to an activating group) is 1. The molecule has 0 radical (unpaired) electrons. The van der Waals surface area contributed by atoms with E-state index in [0.29, 0.717) is 0 Å². The zero-order valence-corrected chi connectivity index (χ0v) is 11.1. The lowest BCUT2D eigenvalue weighted by Crippen LogP contribution is -2.45. The number of rotatable bonds is 4. The zero-order valence-electron chi connectivity index (χ0n) is 11.1. The number of nitrogens with two attached hydrogens (primary N) is 1. The number of hydrogen-bond donors (Lipinski definition) is 1. The lowest BCUT2D eigenvalue weighted by Gasteiger charge is -2.34. The molecule has 0 spiro atoms. The fourth-order valence-electron chi connectivity index (χ4n) is 3.97. The molecule has 3 aliphatic rings. The third-order valence-corrected chi connectivity index (χ3v) is 5.28. The predicted molar refractivity (Wildman–Crippen MR) is 70.9 cm³/mol. The van der Waals surface area contributed by atoms with Crippen molar-refractivity contribution in [2.45, 2.75) is 56.7 Å². The van der Waals surface area contributed by atoms with Gasteiger partial charge in [0, 0.05) is 31.2 Å². The largest absolute Gasteiger partial charge is 0.330 e. The van der Waals surface area contributed by atoms with Crippen molar-refractivity contribution in [1.82, 2.24) is 9.80 Å². The van der Waals surface area contributed by atoms with Crippen LogP contribution in [0, 0.1) is 5.92 Å². The Kier molecular flexibility index (Phi) is 3.42. The Morgan fingerprint density at radius 3 is 2.71 bits per heavy atom. The number of nitrogens with zero attached hydrogens (tertiary/aromatic N) is 2. The highest BCUT2D eigenvalue weighted by atomic mass is 15.3. The highest BCUT2D eigenvalue weighted by Gasteiger charge is 2.39. The molecule has 0 aromatic heterocycles. The van der Waals surface area contributed by atoms with E-state index in [4.69, 9.17) is 5.73 Å². The van der Waals surface area contributed by atoms with Gasteiger partial charge in [0.05, 0.1) is 0 Å². The summed E-state index contributed by atoms with van der Waals surface area (Å²) in [5, 5.41) is 0. The maximum atomic E-state index is 5.91. The first kappa shape index (κ1) is 11.9. The van der Waals surface area contributed by atoms with Gasteiger partial charge in [-0.2, -0.15) is 0 Å². The Labute approximate surface area is 105 Å². The van der Waals surface area contributed by atoms with Crippen molar-refractivity contribution in [3.05, 3.63) is 0 Å². The van der Waals surface area contributed by atoms with Crippen LogP contribution >= 0.6 is 0 Å². The van der Waals surface area contributed by atoms with E-state index in [1.165, 1.54) is 51.6 Å². The van der Waals surface area contributed by atoms with Crippen LogP contribution in [0.25, 0.3) is 0 Å². The van der Waals surface area contributed by atoms with Gasteiger partial charge in [0.1, 0.15) is 0 Å². The molecule has 98 valence electrons. The van der Waals surface area contributed by atoms with Gasteiger partial charge in [-0.15, -0.1) is 0 Å². The van der Waals surface area contributed by atoms with Crippen LogP contribution in [-0.4, -0.2) is 54.6 Å². The Hall–Kier alpha value is -0.120. The van der Waals surface area contributed by atoms with Gasteiger partial charge in [-0.3, -0.25) is 9.80 Å². The Morgan fingerprint density at radius 2 is 2.00 bits per heavy atom. The summed E-state index contributed by atoms with van der Waals surface area (Å²) >= 11 is 0. The third-order valence-electron chi connectivity index (χ3n) is 5.28. The van der Waals surface area contributed by atoms with E-state index in [-0.39, 0.29) is 0 Å². The molecule has 2 aliphatic carbocycles. The Bertz CT molecular complexity index is 264. The first-order valence-electron chi connectivity index (χ1n) is 7.45. The summed E-state index contributed by atoms with van der Waals surface area (Å²) in [5.74, 6) is 0.759. The highest BCUT2D eigenvalue weighted by molar-refractivity contribution is 4.95. The molecule has 2 saturated carbocycles. The quantitative estimate of drug-likeness (QED) is 0.799. The van der Waals surface area contributed by atoms with Gasteiger partial charge >= 0.3 is 0 Å². The molecule has 0 aromatic carbocycles. The number of likely N-dealkylation sites (tertiary alicyclic amines) is 1. The van der Waals surface area contributed by atoms with E-state index < -0.39 is 0 Å². The first-order valence-corrected chi connectivity index (χ1v) is 7.45. The van der Waals surface area contributed by atoms with E-state index in [1.807, 2.05) is 0 Å². The van der Waals surface area contributed by atoms with Crippen LogP contribution in [-0.2, 0) is 0 Å². The third kappa shape index (κ3) is 2.38. The minimum atomic E-state index is 0.759. The van der Waals surface area contributed by atoms with Crippen LogP contribution in [0.5, 0.6) is 0 Å². The van der Waals surface area contributed by atoms with Crippen molar-refractivity contribution in [2.24, 2.45) is 11.7 Å². The summed E-state index contributed by atoms with van der Waals surface area (Å²) in [7, 11) is 2.35. The van der Waals surface area contributed by atoms with Crippen LogP contribution in [0.4, 0.5) is 0 Å². The van der Waals surface area contributed by atoms with Gasteiger partial charge in [-0.25, -0.2) is 0 Å². The van der Waals surface area contributed by atoms with Gasteiger partial charge < -0.3 is 5.73 Å². The van der Waals surface area contributed by atoms with E-state index in [0.717, 1.165) is 30.6 Å². The molecule has 3 atom stereocenters. The second-order valence-electron chi connectivity index (χ2n) is 6.33. The van der Waals surface area contributed by atoms with Crippen LogP contribution in [0.1, 0.15) is 38.5 Å². The normalized spacial score (nSPS) is 39.4. The summed E-state index contributed by atoms with van der Waals surface area (Å²) in [6.07, 6.45) is 8.39. The van der Waals surface area contributed by atoms with E-state index in [1.54, 1.807) is 0 Å². The van der Waals surface area contributed by atoms with Crippen molar-refractivity contribution >= 4 is 0 Å². The molecule has 3 heteroatoms. The van der Waals surface area contributed by atoms with Gasteiger partial charge in [0.2, 0.25) is 0 Å². The lowest BCUT2D eigenvalue weighted by molar-refractivity contribution is 0.141. The second kappa shape index (κ2) is 4.87. The number of hydrogen-bond acceptors (Lipinski definition) is 3. The van der Waals surface area contributed by atoms with Crippen LogP contribution < -0.4 is 5.73 Å². The van der Waals surface area contributed by atoms with Crippen molar-refractivity contribution in [3.8, 4) is 0 Å². The molecule has 0 bridgehead atoms. The zero-order chi connectivity index (χ0) is 11.8. The second-order valence-corrected chi connectivity index (χ2v) is 6.33. The molecule has 0 aromatic rings. The molecule has 1 aliphatic heterocycles. The fraction of sp³-hybridized carbons (Fsp3) is 1.00. The standard InChI is InChI=1S/C14H27N3/c1-16(14-4-2-3-11(14)9-15)13-7-8-17(10-13)12-5-6-12/h11-14H,2-10,15H2,1H3. The van der Waals surface area contributed by atoms with Gasteiger partial charge in [-0.05, 0) is 51.6 Å². The summed E-state index contributed by atoms with van der Waals surface area (Å²) in [5.41, 5.74) is 5.91. The van der Waals surface area contributed by atoms with Crippen molar-refractivity contribution in [1.29, 1.82) is 0 Å². The SMILES string of the molecule is CN(C1CCN(C2CC2)C1)C1CCCC1CN. The highest BCUT2D eigenvalue weighted by Crippen LogP contribution is 2.34. The monoisotopic (exact) mass is 237 g/mol. The average molecular weight is 237 g/mol. The lowest BCUT2D eigenvalue weighted by atomic mass is 10.0. The minimum Gasteiger partial charge on any atom is -0.330 e. The molecule has 3 fully saturated rings. The van der Waals surface area contributed by atoms with E-state index >= 15 is 0 Å². The smallest absolute Gasteiger partial charge is 0.0235 e. The van der Waals surface area contributed by atoms with Crippen molar-refractivity contribution < 1.29 is 0 Å². The maximum Gasteiger partial charge on any atom is 0.0235 e. The molecule has 3 unspecified atom stereocenters. The summed E-state index contributed by atoms with van der Waals surface area (Å²) in [6, 6.07) is 2.51. The maximum absolute atomic E-state index is 5.91. The van der Waals surface area contributed by atoms with Crippen LogP contribution in [0.2, 0.25) is 0 Å². The fourth-order valence-corrected chi connectivity index (χ4v) is 3.97. The Balaban J connectivity index is 1.56. The first-order chi connectivity index (χ1) is 8.29. The summed E-state index contributed by atoms with van der Waals surface area (Å²) < 4.78 is 0. The Morgan fingerprint density at radius 1 is 1.18 bits per heavy atom. The van der Waals surface area contributed by atoms with E-state index in [2.05, 4.69) is 16.8 Å². The van der Waals surface area contributed by atoms with E-state index in [9.17, 15) is 0 Å². The van der Waals surface area contributed by atoms with Gasteiger partial charge in [0.25, 0.3) is 0 Å². The molecule has 1 saturated heterocycles. The molecule has 0 amide bonds. The minimum absolute atomic E-state index is 0.759. The molecule has 1 heterocycles. The van der Waals surface area contributed by atoms with Crippen molar-refractivity contribution in [2.75, 3.05) is 26.7 Å². The molecule has 17 heavy (non-hydrogen) atoms. The predicted octanol–water partition coefficient (Wildman–Crippen LogP) is 1.28. The van der Waals surface area contributed by atoms with Crippen molar-refractivity contribution in [3.63, 3.8) is 0 Å².